The fourth-order valence-corrected chi connectivity index (χ4v) is 1.63. The van der Waals surface area contributed by atoms with E-state index in [9.17, 15) is 4.39 Å². The molecule has 1 aliphatic carbocycles. The van der Waals surface area contributed by atoms with Crippen LogP contribution in [0.4, 0.5) is 4.39 Å². The summed E-state index contributed by atoms with van der Waals surface area (Å²) in [6.45, 7) is 8.05. The van der Waals surface area contributed by atoms with Crippen LogP contribution in [0.3, 0.4) is 0 Å². The van der Waals surface area contributed by atoms with Crippen LogP contribution in [0.25, 0.3) is 0 Å². The number of rotatable bonds is 1. The molecule has 0 aromatic rings. The van der Waals surface area contributed by atoms with Gasteiger partial charge in [0.1, 0.15) is 5.83 Å². The van der Waals surface area contributed by atoms with E-state index in [1.165, 1.54) is 5.57 Å². The van der Waals surface area contributed by atoms with Crippen LogP contribution in [0.1, 0.15) is 27.7 Å². The molecule has 0 unspecified atom stereocenters. The van der Waals surface area contributed by atoms with E-state index in [1.807, 2.05) is 19.9 Å². The maximum absolute atomic E-state index is 13.1. The molecule has 11 heavy (non-hydrogen) atoms. The molecule has 0 N–H and O–H groups in total. The van der Waals surface area contributed by atoms with E-state index in [2.05, 4.69) is 13.8 Å². The first kappa shape index (κ1) is 8.51. The van der Waals surface area contributed by atoms with E-state index >= 15 is 0 Å². The molecule has 0 saturated heterocycles. The van der Waals surface area contributed by atoms with E-state index in [0.717, 1.165) is 0 Å². The summed E-state index contributed by atoms with van der Waals surface area (Å²) in [6.07, 6.45) is 3.48. The lowest BCUT2D eigenvalue weighted by atomic mass is 9.80. The van der Waals surface area contributed by atoms with E-state index < -0.39 is 0 Å². The quantitative estimate of drug-likeness (QED) is 0.542. The maximum atomic E-state index is 13.1. The average Bonchev–Trinajstić information content (AvgIpc) is 2.08. The van der Waals surface area contributed by atoms with Gasteiger partial charge in [0.05, 0.1) is 0 Å². The zero-order valence-electron chi connectivity index (χ0n) is 7.61. The Labute approximate surface area is 67.8 Å². The topological polar surface area (TPSA) is 0 Å². The third-order valence-electron chi connectivity index (χ3n) is 2.35. The van der Waals surface area contributed by atoms with Crippen molar-refractivity contribution in [2.45, 2.75) is 27.7 Å². The van der Waals surface area contributed by atoms with Crippen molar-refractivity contribution in [1.29, 1.82) is 0 Å². The van der Waals surface area contributed by atoms with E-state index in [4.69, 9.17) is 0 Å². The number of halogens is 1. The Hall–Kier alpha value is -0.590. The van der Waals surface area contributed by atoms with E-state index in [0.29, 0.717) is 5.92 Å². The predicted molar refractivity (Wildman–Crippen MR) is 45.9 cm³/mol. The molecule has 0 nitrogen and oxygen atoms in total. The average molecular weight is 154 g/mol. The molecule has 0 aromatic carbocycles. The molecule has 0 aromatic heterocycles. The summed E-state index contributed by atoms with van der Waals surface area (Å²) in [7, 11) is 0. The zero-order chi connectivity index (χ0) is 8.65. The van der Waals surface area contributed by atoms with Crippen LogP contribution in [0, 0.1) is 11.3 Å². The molecular weight excluding hydrogens is 139 g/mol. The van der Waals surface area contributed by atoms with Crippen molar-refractivity contribution in [3.05, 3.63) is 23.6 Å². The molecule has 0 saturated carbocycles. The molecule has 0 bridgehead atoms. The summed E-state index contributed by atoms with van der Waals surface area (Å²) < 4.78 is 13.1. The minimum absolute atomic E-state index is 0.0128. The van der Waals surface area contributed by atoms with Gasteiger partial charge in [0.2, 0.25) is 0 Å². The molecule has 0 spiro atoms. The normalized spacial score (nSPS) is 22.0. The van der Waals surface area contributed by atoms with Crippen LogP contribution >= 0.6 is 0 Å². The first-order chi connectivity index (χ1) is 4.96. The second-order valence-corrected chi connectivity index (χ2v) is 3.92. The van der Waals surface area contributed by atoms with Crippen molar-refractivity contribution in [1.82, 2.24) is 0 Å². The molecule has 0 heterocycles. The highest BCUT2D eigenvalue weighted by Gasteiger charge is 2.32. The van der Waals surface area contributed by atoms with Crippen LogP contribution in [0.2, 0.25) is 0 Å². The number of allylic oxidation sites excluding steroid dienone is 4. The van der Waals surface area contributed by atoms with Gasteiger partial charge in [-0.1, -0.05) is 25.5 Å². The Morgan fingerprint density at radius 1 is 1.27 bits per heavy atom. The highest BCUT2D eigenvalue weighted by Crippen LogP contribution is 2.43. The Balaban J connectivity index is 2.92. The van der Waals surface area contributed by atoms with E-state index in [-0.39, 0.29) is 11.2 Å². The second kappa shape index (κ2) is 2.47. The van der Waals surface area contributed by atoms with Gasteiger partial charge in [0.15, 0.2) is 0 Å². The number of hydrogen-bond acceptors (Lipinski definition) is 0. The molecule has 1 aliphatic rings. The zero-order valence-corrected chi connectivity index (χ0v) is 7.61. The Morgan fingerprint density at radius 3 is 2.00 bits per heavy atom. The van der Waals surface area contributed by atoms with Gasteiger partial charge in [-0.15, -0.1) is 0 Å². The van der Waals surface area contributed by atoms with Gasteiger partial charge in [-0.2, -0.15) is 0 Å². The SMILES string of the molecule is CC(C)C1=CC=C(F)C1(C)C. The molecule has 0 atom stereocenters. The molecule has 0 aliphatic heterocycles. The monoisotopic (exact) mass is 154 g/mol. The molecular formula is C10H15F. The molecule has 1 heteroatoms. The predicted octanol–water partition coefficient (Wildman–Crippen LogP) is 3.46. The number of hydrogen-bond donors (Lipinski definition) is 0. The van der Waals surface area contributed by atoms with Gasteiger partial charge >= 0.3 is 0 Å². The highest BCUT2D eigenvalue weighted by atomic mass is 19.1. The largest absolute Gasteiger partial charge is 0.211 e. The molecule has 0 fully saturated rings. The summed E-state index contributed by atoms with van der Waals surface area (Å²) in [5.41, 5.74) is 0.837. The lowest BCUT2D eigenvalue weighted by Gasteiger charge is -2.25. The minimum atomic E-state index is -0.353. The van der Waals surface area contributed by atoms with Gasteiger partial charge in [0, 0.05) is 5.41 Å². The Kier molecular flexibility index (Phi) is 1.91. The molecule has 0 radical (unpaired) electrons. The minimum Gasteiger partial charge on any atom is -0.211 e. The lowest BCUT2D eigenvalue weighted by Crippen LogP contribution is -2.16. The summed E-state index contributed by atoms with van der Waals surface area (Å²) in [5, 5.41) is 0. The third kappa shape index (κ3) is 1.24. The smallest absolute Gasteiger partial charge is 0.110 e. The van der Waals surface area contributed by atoms with Crippen molar-refractivity contribution < 1.29 is 4.39 Å². The molecule has 62 valence electrons. The van der Waals surface area contributed by atoms with Crippen molar-refractivity contribution >= 4 is 0 Å². The first-order valence-electron chi connectivity index (χ1n) is 4.04. The lowest BCUT2D eigenvalue weighted by molar-refractivity contribution is 0.389. The second-order valence-electron chi connectivity index (χ2n) is 3.92. The van der Waals surface area contributed by atoms with Crippen molar-refractivity contribution in [2.75, 3.05) is 0 Å². The standard InChI is InChI=1S/C10H15F/c1-7(2)8-5-6-9(11)10(8,3)4/h5-7H,1-4H3. The Bertz CT molecular complexity index is 219. The van der Waals surface area contributed by atoms with Gasteiger partial charge in [0.25, 0.3) is 0 Å². The van der Waals surface area contributed by atoms with Crippen LogP contribution in [0.15, 0.2) is 23.6 Å². The third-order valence-corrected chi connectivity index (χ3v) is 2.35. The van der Waals surface area contributed by atoms with Crippen LogP contribution in [0.5, 0.6) is 0 Å². The van der Waals surface area contributed by atoms with Crippen molar-refractivity contribution in [2.24, 2.45) is 11.3 Å². The van der Waals surface area contributed by atoms with Crippen LogP contribution in [-0.2, 0) is 0 Å². The summed E-state index contributed by atoms with van der Waals surface area (Å²) in [5.74, 6) is 0.427. The van der Waals surface area contributed by atoms with Crippen LogP contribution < -0.4 is 0 Å². The summed E-state index contributed by atoms with van der Waals surface area (Å²) >= 11 is 0. The summed E-state index contributed by atoms with van der Waals surface area (Å²) in [4.78, 5) is 0. The van der Waals surface area contributed by atoms with Gasteiger partial charge in [-0.25, -0.2) is 4.39 Å². The molecule has 0 amide bonds. The highest BCUT2D eigenvalue weighted by molar-refractivity contribution is 5.36. The molecule has 1 rings (SSSR count). The van der Waals surface area contributed by atoms with E-state index in [1.54, 1.807) is 6.08 Å². The summed E-state index contributed by atoms with van der Waals surface area (Å²) in [6, 6.07) is 0. The Morgan fingerprint density at radius 2 is 1.82 bits per heavy atom. The fourth-order valence-electron chi connectivity index (χ4n) is 1.63. The first-order valence-corrected chi connectivity index (χ1v) is 4.04. The van der Waals surface area contributed by atoms with Crippen LogP contribution in [-0.4, -0.2) is 0 Å². The fraction of sp³-hybridized carbons (Fsp3) is 0.600. The van der Waals surface area contributed by atoms with Crippen molar-refractivity contribution in [3.63, 3.8) is 0 Å². The van der Waals surface area contributed by atoms with Gasteiger partial charge < -0.3 is 0 Å². The van der Waals surface area contributed by atoms with Gasteiger partial charge in [-0.05, 0) is 25.8 Å². The maximum Gasteiger partial charge on any atom is 0.110 e. The van der Waals surface area contributed by atoms with Gasteiger partial charge in [-0.3, -0.25) is 0 Å². The van der Waals surface area contributed by atoms with Crippen molar-refractivity contribution in [3.8, 4) is 0 Å².